The molecule has 2 aliphatic carbocycles. The van der Waals surface area contributed by atoms with E-state index in [1.807, 2.05) is 0 Å². The first-order valence-electron chi connectivity index (χ1n) is 5.62. The average Bonchev–Trinajstić information content (AvgIpc) is 2.88. The second-order valence-corrected chi connectivity index (χ2v) is 4.74. The van der Waals surface area contributed by atoms with Crippen LogP contribution in [0.5, 0.6) is 0 Å². The molecule has 0 unspecified atom stereocenters. The van der Waals surface area contributed by atoms with Gasteiger partial charge in [0.1, 0.15) is 0 Å². The van der Waals surface area contributed by atoms with Crippen molar-refractivity contribution < 1.29 is 0 Å². The minimum atomic E-state index is 0.549. The first-order chi connectivity index (χ1) is 5.86. The first kappa shape index (κ1) is 8.55. The Kier molecular flexibility index (Phi) is 2.69. The molecule has 12 heavy (non-hydrogen) atoms. The summed E-state index contributed by atoms with van der Waals surface area (Å²) < 4.78 is 0. The average molecular weight is 167 g/mol. The lowest BCUT2D eigenvalue weighted by Crippen LogP contribution is -2.26. The molecular weight excluding hydrogens is 146 g/mol. The van der Waals surface area contributed by atoms with Gasteiger partial charge in [-0.15, -0.1) is 0 Å². The molecule has 0 heterocycles. The molecule has 0 saturated heterocycles. The summed E-state index contributed by atoms with van der Waals surface area (Å²) in [5, 5.41) is 0. The third-order valence-electron chi connectivity index (χ3n) is 3.56. The Labute approximate surface area is 75.7 Å². The van der Waals surface area contributed by atoms with E-state index in [0.717, 1.165) is 11.8 Å². The molecule has 70 valence electrons. The van der Waals surface area contributed by atoms with Gasteiger partial charge in [-0.2, -0.15) is 0 Å². The molecule has 2 aliphatic rings. The number of rotatable bonds is 3. The lowest BCUT2D eigenvalue weighted by atomic mass is 9.84. The van der Waals surface area contributed by atoms with Gasteiger partial charge >= 0.3 is 0 Å². The van der Waals surface area contributed by atoms with Gasteiger partial charge in [0.2, 0.25) is 0 Å². The second kappa shape index (κ2) is 3.78. The van der Waals surface area contributed by atoms with Crippen LogP contribution < -0.4 is 5.73 Å². The molecule has 1 nitrogen and oxygen atoms in total. The van der Waals surface area contributed by atoms with Crippen molar-refractivity contribution in [2.24, 2.45) is 17.6 Å². The highest BCUT2D eigenvalue weighted by atomic mass is 14.7. The van der Waals surface area contributed by atoms with Gasteiger partial charge in [-0.1, -0.05) is 32.1 Å². The molecule has 1 heteroatoms. The minimum absolute atomic E-state index is 0.549. The lowest BCUT2D eigenvalue weighted by molar-refractivity contribution is 0.308. The molecule has 0 spiro atoms. The summed E-state index contributed by atoms with van der Waals surface area (Å²) in [6.45, 7) is 0. The molecule has 0 aromatic carbocycles. The maximum Gasteiger partial charge on any atom is 0.00698 e. The Morgan fingerprint density at radius 2 is 1.67 bits per heavy atom. The van der Waals surface area contributed by atoms with E-state index < -0.39 is 0 Å². The van der Waals surface area contributed by atoms with E-state index in [1.54, 1.807) is 0 Å². The Morgan fingerprint density at radius 3 is 2.25 bits per heavy atom. The maximum atomic E-state index is 6.11. The molecule has 0 bridgehead atoms. The van der Waals surface area contributed by atoms with E-state index in [4.69, 9.17) is 5.73 Å². The Morgan fingerprint density at radius 1 is 1.00 bits per heavy atom. The molecule has 0 aromatic rings. The zero-order chi connectivity index (χ0) is 8.39. The molecule has 2 rings (SSSR count). The Hall–Kier alpha value is -0.0400. The van der Waals surface area contributed by atoms with E-state index in [-0.39, 0.29) is 0 Å². The fraction of sp³-hybridized carbons (Fsp3) is 1.00. The van der Waals surface area contributed by atoms with E-state index in [9.17, 15) is 0 Å². The van der Waals surface area contributed by atoms with Gasteiger partial charge in [0.05, 0.1) is 0 Å². The zero-order valence-corrected chi connectivity index (χ0v) is 7.97. The van der Waals surface area contributed by atoms with Crippen LogP contribution in [0.4, 0.5) is 0 Å². The topological polar surface area (TPSA) is 26.0 Å². The van der Waals surface area contributed by atoms with Crippen LogP contribution in [0, 0.1) is 11.8 Å². The zero-order valence-electron chi connectivity index (χ0n) is 7.97. The number of nitrogens with two attached hydrogens (primary N) is 1. The summed E-state index contributed by atoms with van der Waals surface area (Å²) in [7, 11) is 0. The lowest BCUT2D eigenvalue weighted by Gasteiger charge is -2.24. The minimum Gasteiger partial charge on any atom is -0.327 e. The van der Waals surface area contributed by atoms with Gasteiger partial charge in [0, 0.05) is 6.04 Å². The number of hydrogen-bond donors (Lipinski definition) is 1. The van der Waals surface area contributed by atoms with Crippen LogP contribution >= 0.6 is 0 Å². The van der Waals surface area contributed by atoms with Gasteiger partial charge in [0.15, 0.2) is 0 Å². The summed E-state index contributed by atoms with van der Waals surface area (Å²) >= 11 is 0. The summed E-state index contributed by atoms with van der Waals surface area (Å²) in [5.41, 5.74) is 6.11. The highest BCUT2D eigenvalue weighted by molar-refractivity contribution is 4.85. The highest BCUT2D eigenvalue weighted by Gasteiger charge is 2.30. The van der Waals surface area contributed by atoms with Crippen molar-refractivity contribution >= 4 is 0 Å². The van der Waals surface area contributed by atoms with E-state index in [2.05, 4.69) is 0 Å². The van der Waals surface area contributed by atoms with Crippen molar-refractivity contribution in [2.45, 2.75) is 57.4 Å². The molecule has 2 saturated carbocycles. The predicted octanol–water partition coefficient (Wildman–Crippen LogP) is 2.69. The third kappa shape index (κ3) is 2.22. The predicted molar refractivity (Wildman–Crippen MR) is 51.9 cm³/mol. The van der Waals surface area contributed by atoms with E-state index in [1.165, 1.54) is 51.4 Å². The number of hydrogen-bond acceptors (Lipinski definition) is 1. The quantitative estimate of drug-likeness (QED) is 0.687. The summed E-state index contributed by atoms with van der Waals surface area (Å²) in [6, 6.07) is 0.549. The van der Waals surface area contributed by atoms with Crippen LogP contribution in [-0.2, 0) is 0 Å². The molecule has 2 N–H and O–H groups in total. The molecule has 0 aliphatic heterocycles. The summed E-state index contributed by atoms with van der Waals surface area (Å²) in [5.74, 6) is 1.89. The van der Waals surface area contributed by atoms with Crippen molar-refractivity contribution in [3.05, 3.63) is 0 Å². The van der Waals surface area contributed by atoms with Crippen LogP contribution in [0.25, 0.3) is 0 Å². The van der Waals surface area contributed by atoms with Crippen molar-refractivity contribution in [3.8, 4) is 0 Å². The highest BCUT2D eigenvalue weighted by Crippen LogP contribution is 2.36. The summed E-state index contributed by atoms with van der Waals surface area (Å²) in [4.78, 5) is 0. The first-order valence-corrected chi connectivity index (χ1v) is 5.62. The fourth-order valence-electron chi connectivity index (χ4n) is 2.52. The Balaban J connectivity index is 1.69. The van der Waals surface area contributed by atoms with Crippen molar-refractivity contribution in [1.82, 2.24) is 0 Å². The molecule has 0 aromatic heterocycles. The van der Waals surface area contributed by atoms with Crippen LogP contribution in [0.1, 0.15) is 51.4 Å². The third-order valence-corrected chi connectivity index (χ3v) is 3.56. The molecular formula is C11H21N. The SMILES string of the molecule is N[C@H](CC1CCCCC1)C1CC1. The van der Waals surface area contributed by atoms with Crippen LogP contribution in [0.15, 0.2) is 0 Å². The summed E-state index contributed by atoms with van der Waals surface area (Å²) in [6.07, 6.45) is 11.5. The van der Waals surface area contributed by atoms with Crippen molar-refractivity contribution in [3.63, 3.8) is 0 Å². The van der Waals surface area contributed by atoms with Gasteiger partial charge < -0.3 is 5.73 Å². The molecule has 0 amide bonds. The second-order valence-electron chi connectivity index (χ2n) is 4.74. The van der Waals surface area contributed by atoms with Crippen LogP contribution in [-0.4, -0.2) is 6.04 Å². The largest absolute Gasteiger partial charge is 0.327 e. The van der Waals surface area contributed by atoms with E-state index >= 15 is 0 Å². The van der Waals surface area contributed by atoms with Crippen LogP contribution in [0.2, 0.25) is 0 Å². The van der Waals surface area contributed by atoms with Gasteiger partial charge in [-0.05, 0) is 31.1 Å². The smallest absolute Gasteiger partial charge is 0.00698 e. The fourth-order valence-corrected chi connectivity index (χ4v) is 2.52. The monoisotopic (exact) mass is 167 g/mol. The molecule has 0 radical (unpaired) electrons. The van der Waals surface area contributed by atoms with Gasteiger partial charge in [0.25, 0.3) is 0 Å². The molecule has 1 atom stereocenters. The van der Waals surface area contributed by atoms with Gasteiger partial charge in [-0.3, -0.25) is 0 Å². The van der Waals surface area contributed by atoms with Crippen LogP contribution in [0.3, 0.4) is 0 Å². The normalized spacial score (nSPS) is 28.8. The van der Waals surface area contributed by atoms with Crippen molar-refractivity contribution in [1.29, 1.82) is 0 Å². The molecule has 2 fully saturated rings. The maximum absolute atomic E-state index is 6.11. The van der Waals surface area contributed by atoms with Gasteiger partial charge in [-0.25, -0.2) is 0 Å². The Bertz CT molecular complexity index is 134. The van der Waals surface area contributed by atoms with Crippen molar-refractivity contribution in [2.75, 3.05) is 0 Å². The standard InChI is InChI=1S/C11H21N/c12-11(10-6-7-10)8-9-4-2-1-3-5-9/h9-11H,1-8,12H2/t11-/m1/s1. The van der Waals surface area contributed by atoms with E-state index in [0.29, 0.717) is 6.04 Å².